The fraction of sp³-hybridized carbons (Fsp3) is 0.368. The van der Waals surface area contributed by atoms with E-state index in [4.69, 9.17) is 4.84 Å². The molecule has 2 rings (SSSR count). The third-order valence-electron chi connectivity index (χ3n) is 4.09. The number of nitrogens with zero attached hydrogens (tertiary/aromatic N) is 3. The van der Waals surface area contributed by atoms with Crippen LogP contribution in [-0.4, -0.2) is 52.9 Å². The van der Waals surface area contributed by atoms with Crippen molar-refractivity contribution in [1.82, 2.24) is 9.80 Å². The van der Waals surface area contributed by atoms with E-state index >= 15 is 0 Å². The summed E-state index contributed by atoms with van der Waals surface area (Å²) in [7, 11) is 1.68. The van der Waals surface area contributed by atoms with Gasteiger partial charge in [-0.1, -0.05) is 35.5 Å². The molecule has 0 saturated carbocycles. The number of hydrogen-bond acceptors (Lipinski definition) is 5. The van der Waals surface area contributed by atoms with Gasteiger partial charge < -0.3 is 19.7 Å². The summed E-state index contributed by atoms with van der Waals surface area (Å²) in [6.45, 7) is 5.48. The van der Waals surface area contributed by atoms with Crippen molar-refractivity contribution in [3.63, 3.8) is 0 Å². The van der Waals surface area contributed by atoms with Gasteiger partial charge >= 0.3 is 0 Å². The monoisotopic (exact) mass is 379 g/mol. The van der Waals surface area contributed by atoms with Crippen LogP contribution in [0.2, 0.25) is 0 Å². The molecular formula is C19H26ClN3O3. The Morgan fingerprint density at radius 1 is 1.31 bits per heavy atom. The second-order valence-electron chi connectivity index (χ2n) is 5.78. The molecule has 0 radical (unpaired) electrons. The SMILES string of the molecule is CCN(CC)C(=O)C1=CN(C)C(O)(C=NOCc2ccccc2)C=C1.Cl. The van der Waals surface area contributed by atoms with Crippen LogP contribution in [0.3, 0.4) is 0 Å². The molecule has 7 heteroatoms. The molecule has 1 heterocycles. The number of rotatable bonds is 7. The van der Waals surface area contributed by atoms with Gasteiger partial charge in [0, 0.05) is 26.3 Å². The van der Waals surface area contributed by atoms with Crippen LogP contribution in [-0.2, 0) is 16.2 Å². The summed E-state index contributed by atoms with van der Waals surface area (Å²) < 4.78 is 0. The number of benzene rings is 1. The predicted octanol–water partition coefficient (Wildman–Crippen LogP) is 2.55. The van der Waals surface area contributed by atoms with Crippen molar-refractivity contribution in [1.29, 1.82) is 0 Å². The van der Waals surface area contributed by atoms with Gasteiger partial charge in [0.05, 0.1) is 5.57 Å². The van der Waals surface area contributed by atoms with Gasteiger partial charge in [-0.25, -0.2) is 0 Å². The van der Waals surface area contributed by atoms with Crippen LogP contribution in [0.1, 0.15) is 19.4 Å². The largest absolute Gasteiger partial charge is 0.391 e. The van der Waals surface area contributed by atoms with Gasteiger partial charge in [0.1, 0.15) is 12.8 Å². The third-order valence-corrected chi connectivity index (χ3v) is 4.09. The normalized spacial score (nSPS) is 19.1. The van der Waals surface area contributed by atoms with Crippen molar-refractivity contribution in [2.24, 2.45) is 5.16 Å². The molecule has 1 amide bonds. The fourth-order valence-electron chi connectivity index (χ4n) is 2.44. The quantitative estimate of drug-likeness (QED) is 0.584. The molecule has 0 fully saturated rings. The van der Waals surface area contributed by atoms with Crippen molar-refractivity contribution in [3.05, 3.63) is 59.8 Å². The molecule has 0 aliphatic carbocycles. The summed E-state index contributed by atoms with van der Waals surface area (Å²) in [5.41, 5.74) is 0.0876. The summed E-state index contributed by atoms with van der Waals surface area (Å²) in [5, 5.41) is 14.5. The molecule has 0 aromatic heterocycles. The Morgan fingerprint density at radius 3 is 2.54 bits per heavy atom. The molecule has 1 aromatic carbocycles. The number of aliphatic hydroxyl groups is 1. The minimum atomic E-state index is -1.43. The van der Waals surface area contributed by atoms with E-state index in [-0.39, 0.29) is 18.3 Å². The molecule has 0 bridgehead atoms. The summed E-state index contributed by atoms with van der Waals surface area (Å²) >= 11 is 0. The Labute approximate surface area is 160 Å². The van der Waals surface area contributed by atoms with Gasteiger partial charge in [0.2, 0.25) is 0 Å². The van der Waals surface area contributed by atoms with Crippen LogP contribution in [0.4, 0.5) is 0 Å². The number of carbonyl (C=O) groups excluding carboxylic acids is 1. The van der Waals surface area contributed by atoms with Gasteiger partial charge in [-0.05, 0) is 31.6 Å². The molecule has 1 aromatic rings. The highest BCUT2D eigenvalue weighted by Crippen LogP contribution is 2.20. The average Bonchev–Trinajstić information content (AvgIpc) is 2.63. The van der Waals surface area contributed by atoms with Crippen molar-refractivity contribution < 1.29 is 14.7 Å². The van der Waals surface area contributed by atoms with Gasteiger partial charge in [-0.2, -0.15) is 0 Å². The molecule has 1 aliphatic heterocycles. The Balaban J connectivity index is 0.00000338. The van der Waals surface area contributed by atoms with E-state index in [0.29, 0.717) is 25.3 Å². The van der Waals surface area contributed by atoms with Crippen molar-refractivity contribution in [2.45, 2.75) is 26.2 Å². The molecule has 26 heavy (non-hydrogen) atoms. The first-order valence-corrected chi connectivity index (χ1v) is 8.36. The molecule has 142 valence electrons. The first-order chi connectivity index (χ1) is 12.0. The Hall–Kier alpha value is -2.31. The first-order valence-electron chi connectivity index (χ1n) is 8.36. The minimum Gasteiger partial charge on any atom is -0.391 e. The second kappa shape index (κ2) is 9.99. The first kappa shape index (κ1) is 21.7. The molecule has 1 N–H and O–H groups in total. The van der Waals surface area contributed by atoms with Crippen LogP contribution >= 0.6 is 12.4 Å². The van der Waals surface area contributed by atoms with Crippen LogP contribution in [0.5, 0.6) is 0 Å². The maximum atomic E-state index is 12.4. The lowest BCUT2D eigenvalue weighted by Gasteiger charge is -2.34. The van der Waals surface area contributed by atoms with Gasteiger partial charge in [0.25, 0.3) is 5.91 Å². The van der Waals surface area contributed by atoms with Crippen LogP contribution < -0.4 is 0 Å². The van der Waals surface area contributed by atoms with E-state index in [2.05, 4.69) is 5.16 Å². The number of oxime groups is 1. The highest BCUT2D eigenvalue weighted by molar-refractivity contribution is 5.96. The van der Waals surface area contributed by atoms with E-state index in [1.54, 1.807) is 24.2 Å². The summed E-state index contributed by atoms with van der Waals surface area (Å²) in [6, 6.07) is 9.65. The van der Waals surface area contributed by atoms with Crippen LogP contribution in [0.15, 0.2) is 59.4 Å². The van der Waals surface area contributed by atoms with E-state index < -0.39 is 5.72 Å². The summed E-state index contributed by atoms with van der Waals surface area (Å²) in [4.78, 5) is 20.9. The average molecular weight is 380 g/mol. The maximum absolute atomic E-state index is 12.4. The second-order valence-corrected chi connectivity index (χ2v) is 5.78. The van der Waals surface area contributed by atoms with E-state index in [1.165, 1.54) is 17.2 Å². The lowest BCUT2D eigenvalue weighted by molar-refractivity contribution is -0.126. The van der Waals surface area contributed by atoms with E-state index in [9.17, 15) is 9.90 Å². The number of carbonyl (C=O) groups is 1. The van der Waals surface area contributed by atoms with Crippen LogP contribution in [0, 0.1) is 0 Å². The standard InChI is InChI=1S/C19H25N3O3.ClH/c1-4-22(5-2)18(23)17-11-12-19(24,21(3)13-17)15-20-25-14-16-9-7-6-8-10-16;/h6-13,15,24H,4-5,14H2,1-3H3;1H. The highest BCUT2D eigenvalue weighted by atomic mass is 35.5. The zero-order valence-corrected chi connectivity index (χ0v) is 16.1. The molecule has 1 unspecified atom stereocenters. The molecular weight excluding hydrogens is 354 g/mol. The summed E-state index contributed by atoms with van der Waals surface area (Å²) in [5.74, 6) is -0.0626. The molecule has 1 atom stereocenters. The molecule has 0 spiro atoms. The zero-order valence-electron chi connectivity index (χ0n) is 15.3. The Kier molecular flexibility index (Phi) is 8.35. The fourth-order valence-corrected chi connectivity index (χ4v) is 2.44. The Morgan fingerprint density at radius 2 is 1.96 bits per heavy atom. The number of likely N-dealkylation sites (N-methyl/N-ethyl adjacent to an activating group) is 2. The molecule has 0 saturated heterocycles. The van der Waals surface area contributed by atoms with Crippen molar-refractivity contribution in [2.75, 3.05) is 20.1 Å². The van der Waals surface area contributed by atoms with Gasteiger partial charge in [-0.3, -0.25) is 4.79 Å². The number of hydrogen-bond donors (Lipinski definition) is 1. The lowest BCUT2D eigenvalue weighted by Crippen LogP contribution is -2.46. The topological polar surface area (TPSA) is 65.4 Å². The third kappa shape index (κ3) is 5.34. The van der Waals surface area contributed by atoms with Gasteiger partial charge in [0.15, 0.2) is 5.72 Å². The maximum Gasteiger partial charge on any atom is 0.255 e. The van der Waals surface area contributed by atoms with Gasteiger partial charge in [-0.15, -0.1) is 12.4 Å². The molecule has 6 nitrogen and oxygen atoms in total. The lowest BCUT2D eigenvalue weighted by atomic mass is 10.1. The van der Waals surface area contributed by atoms with E-state index in [1.807, 2.05) is 44.2 Å². The minimum absolute atomic E-state index is 0. The molecule has 1 aliphatic rings. The van der Waals surface area contributed by atoms with Crippen molar-refractivity contribution in [3.8, 4) is 0 Å². The highest BCUT2D eigenvalue weighted by Gasteiger charge is 2.30. The predicted molar refractivity (Wildman–Crippen MR) is 105 cm³/mol. The smallest absolute Gasteiger partial charge is 0.255 e. The van der Waals surface area contributed by atoms with Crippen molar-refractivity contribution >= 4 is 24.5 Å². The van der Waals surface area contributed by atoms with E-state index in [0.717, 1.165) is 5.56 Å². The number of amides is 1. The summed E-state index contributed by atoms with van der Waals surface area (Å²) in [6.07, 6.45) is 6.06. The van der Waals surface area contributed by atoms with Crippen LogP contribution in [0.25, 0.3) is 0 Å². The Bertz CT molecular complexity index is 672. The zero-order chi connectivity index (χ0) is 18.3. The number of halogens is 1.